The molecule has 0 radical (unpaired) electrons. The number of carbonyl (C=O) groups excluding carboxylic acids is 1. The van der Waals surface area contributed by atoms with Crippen LogP contribution in [0.5, 0.6) is 0 Å². The van der Waals surface area contributed by atoms with E-state index in [2.05, 4.69) is 16.3 Å². The predicted molar refractivity (Wildman–Crippen MR) is 86.7 cm³/mol. The first kappa shape index (κ1) is 16.7. The molecule has 2 heterocycles. The highest BCUT2D eigenvalue weighted by atomic mass is 16.5. The summed E-state index contributed by atoms with van der Waals surface area (Å²) >= 11 is 0. The van der Waals surface area contributed by atoms with Crippen molar-refractivity contribution in [3.05, 3.63) is 0 Å². The molecule has 3 aliphatic rings. The molecule has 0 aromatic heterocycles. The summed E-state index contributed by atoms with van der Waals surface area (Å²) in [6, 6.07) is 3.07. The van der Waals surface area contributed by atoms with Gasteiger partial charge in [0.2, 0.25) is 5.91 Å². The lowest BCUT2D eigenvalue weighted by molar-refractivity contribution is -0.128. The maximum absolute atomic E-state index is 12.2. The smallest absolute Gasteiger partial charge is 0.224 e. The summed E-state index contributed by atoms with van der Waals surface area (Å²) < 4.78 is 5.36. The third kappa shape index (κ3) is 4.66. The minimum atomic E-state index is 0.191. The van der Waals surface area contributed by atoms with Crippen molar-refractivity contribution >= 4 is 5.91 Å². The molecule has 6 heteroatoms. The Labute approximate surface area is 138 Å². The monoisotopic (exact) mass is 320 g/mol. The second kappa shape index (κ2) is 8.09. The van der Waals surface area contributed by atoms with Crippen LogP contribution in [-0.2, 0) is 9.53 Å². The van der Waals surface area contributed by atoms with Crippen molar-refractivity contribution in [3.8, 4) is 6.07 Å². The van der Waals surface area contributed by atoms with Gasteiger partial charge in [-0.05, 0) is 19.3 Å². The molecule has 1 aliphatic carbocycles. The number of nitrogens with one attached hydrogen (secondary N) is 1. The van der Waals surface area contributed by atoms with E-state index in [9.17, 15) is 4.79 Å². The quantitative estimate of drug-likeness (QED) is 0.803. The molecule has 3 atom stereocenters. The molecule has 6 nitrogen and oxygen atoms in total. The number of likely N-dealkylation sites (tertiary alicyclic amines) is 1. The number of hydrogen-bond acceptors (Lipinski definition) is 5. The first-order valence-electron chi connectivity index (χ1n) is 8.98. The number of amides is 1. The van der Waals surface area contributed by atoms with E-state index in [1.807, 2.05) is 4.90 Å². The fraction of sp³-hybridized carbons (Fsp3) is 0.882. The Morgan fingerprint density at radius 1 is 1.22 bits per heavy atom. The summed E-state index contributed by atoms with van der Waals surface area (Å²) in [6.07, 6.45) is 4.84. The van der Waals surface area contributed by atoms with Crippen molar-refractivity contribution in [1.82, 2.24) is 15.1 Å². The first-order valence-corrected chi connectivity index (χ1v) is 8.98. The molecule has 0 aromatic rings. The van der Waals surface area contributed by atoms with Crippen LogP contribution in [0.2, 0.25) is 0 Å². The fourth-order valence-electron chi connectivity index (χ4n) is 3.98. The number of rotatable bonds is 5. The van der Waals surface area contributed by atoms with Crippen molar-refractivity contribution in [3.63, 3.8) is 0 Å². The van der Waals surface area contributed by atoms with Gasteiger partial charge in [0.05, 0.1) is 19.3 Å². The lowest BCUT2D eigenvalue weighted by atomic mass is 9.86. The molecule has 0 aromatic carbocycles. The number of morpholine rings is 1. The SMILES string of the molecule is N#C[C@@H]1CCC[C@@H](N[C@H]2CC(=O)N(CCN3CCOCC3)C2)C1. The average molecular weight is 320 g/mol. The maximum atomic E-state index is 12.2. The van der Waals surface area contributed by atoms with Gasteiger partial charge >= 0.3 is 0 Å². The zero-order valence-corrected chi connectivity index (χ0v) is 13.9. The molecular formula is C17H28N4O2. The number of nitriles is 1. The fourth-order valence-corrected chi connectivity index (χ4v) is 3.98. The molecule has 0 unspecified atom stereocenters. The van der Waals surface area contributed by atoms with E-state index in [-0.39, 0.29) is 17.9 Å². The second-order valence-corrected chi connectivity index (χ2v) is 7.05. The summed E-state index contributed by atoms with van der Waals surface area (Å²) in [7, 11) is 0. The summed E-state index contributed by atoms with van der Waals surface area (Å²) in [5, 5.41) is 12.7. The van der Waals surface area contributed by atoms with E-state index < -0.39 is 0 Å². The molecule has 3 rings (SSSR count). The number of carbonyl (C=O) groups is 1. The van der Waals surface area contributed by atoms with Gasteiger partial charge in [0.15, 0.2) is 0 Å². The number of hydrogen-bond donors (Lipinski definition) is 1. The molecular weight excluding hydrogens is 292 g/mol. The van der Waals surface area contributed by atoms with E-state index in [0.29, 0.717) is 12.5 Å². The number of nitrogens with zero attached hydrogens (tertiary/aromatic N) is 3. The van der Waals surface area contributed by atoms with Crippen LogP contribution in [0.4, 0.5) is 0 Å². The summed E-state index contributed by atoms with van der Waals surface area (Å²) in [5.41, 5.74) is 0. The van der Waals surface area contributed by atoms with Crippen LogP contribution in [0, 0.1) is 17.2 Å². The third-order valence-corrected chi connectivity index (χ3v) is 5.33. The minimum absolute atomic E-state index is 0.191. The molecule has 128 valence electrons. The lowest BCUT2D eigenvalue weighted by Crippen LogP contribution is -2.44. The van der Waals surface area contributed by atoms with Crippen LogP contribution in [0.3, 0.4) is 0 Å². The minimum Gasteiger partial charge on any atom is -0.379 e. The van der Waals surface area contributed by atoms with Crippen molar-refractivity contribution in [2.24, 2.45) is 5.92 Å². The van der Waals surface area contributed by atoms with Crippen LogP contribution in [-0.4, -0.2) is 73.7 Å². The second-order valence-electron chi connectivity index (χ2n) is 7.05. The van der Waals surface area contributed by atoms with Gasteiger partial charge in [0, 0.05) is 57.1 Å². The van der Waals surface area contributed by atoms with Gasteiger partial charge in [0.1, 0.15) is 0 Å². The molecule has 1 N–H and O–H groups in total. The van der Waals surface area contributed by atoms with Gasteiger partial charge in [-0.1, -0.05) is 6.42 Å². The van der Waals surface area contributed by atoms with Crippen LogP contribution in [0.25, 0.3) is 0 Å². The number of ether oxygens (including phenoxy) is 1. The van der Waals surface area contributed by atoms with Crippen LogP contribution >= 0.6 is 0 Å². The van der Waals surface area contributed by atoms with Crippen molar-refractivity contribution in [1.29, 1.82) is 5.26 Å². The molecule has 1 saturated carbocycles. The van der Waals surface area contributed by atoms with Crippen molar-refractivity contribution in [2.45, 2.75) is 44.2 Å². The normalized spacial score (nSPS) is 32.9. The standard InChI is InChI=1S/C17H28N4O2/c18-12-14-2-1-3-15(10-14)19-16-11-17(22)21(13-16)5-4-20-6-8-23-9-7-20/h14-16,19H,1-11,13H2/t14-,15-,16+/m1/s1. The van der Waals surface area contributed by atoms with Gasteiger partial charge in [0.25, 0.3) is 0 Å². The van der Waals surface area contributed by atoms with E-state index >= 15 is 0 Å². The van der Waals surface area contributed by atoms with Crippen LogP contribution in [0.15, 0.2) is 0 Å². The molecule has 3 fully saturated rings. The van der Waals surface area contributed by atoms with E-state index in [1.54, 1.807) is 0 Å². The molecule has 2 aliphatic heterocycles. The van der Waals surface area contributed by atoms with E-state index in [0.717, 1.165) is 71.6 Å². The first-order chi connectivity index (χ1) is 11.2. The Bertz CT molecular complexity index is 444. The topological polar surface area (TPSA) is 68.6 Å². The summed E-state index contributed by atoms with van der Waals surface area (Å²) in [4.78, 5) is 16.6. The molecule has 2 saturated heterocycles. The highest BCUT2D eigenvalue weighted by Crippen LogP contribution is 2.25. The van der Waals surface area contributed by atoms with Crippen LogP contribution < -0.4 is 5.32 Å². The van der Waals surface area contributed by atoms with Gasteiger partial charge < -0.3 is 15.0 Å². The van der Waals surface area contributed by atoms with Gasteiger partial charge in [-0.3, -0.25) is 9.69 Å². The zero-order valence-electron chi connectivity index (χ0n) is 13.9. The Morgan fingerprint density at radius 2 is 2.04 bits per heavy atom. The zero-order chi connectivity index (χ0) is 16.1. The largest absolute Gasteiger partial charge is 0.379 e. The highest BCUT2D eigenvalue weighted by molar-refractivity contribution is 5.79. The Hall–Kier alpha value is -1.16. The summed E-state index contributed by atoms with van der Waals surface area (Å²) in [6.45, 7) is 6.14. The predicted octanol–water partition coefficient (Wildman–Crippen LogP) is 0.591. The molecule has 0 spiro atoms. The van der Waals surface area contributed by atoms with Gasteiger partial charge in [-0.15, -0.1) is 0 Å². The average Bonchev–Trinajstić information content (AvgIpc) is 2.93. The van der Waals surface area contributed by atoms with Gasteiger partial charge in [-0.2, -0.15) is 5.26 Å². The molecule has 23 heavy (non-hydrogen) atoms. The molecule has 0 bridgehead atoms. The maximum Gasteiger partial charge on any atom is 0.224 e. The molecule has 1 amide bonds. The van der Waals surface area contributed by atoms with Gasteiger partial charge in [-0.25, -0.2) is 0 Å². The lowest BCUT2D eigenvalue weighted by Gasteiger charge is -2.30. The van der Waals surface area contributed by atoms with E-state index in [1.165, 1.54) is 0 Å². The van der Waals surface area contributed by atoms with E-state index in [4.69, 9.17) is 10.00 Å². The van der Waals surface area contributed by atoms with Crippen molar-refractivity contribution < 1.29 is 9.53 Å². The van der Waals surface area contributed by atoms with Crippen LogP contribution in [0.1, 0.15) is 32.1 Å². The Balaban J connectivity index is 1.41. The summed E-state index contributed by atoms with van der Waals surface area (Å²) in [5.74, 6) is 0.458. The highest BCUT2D eigenvalue weighted by Gasteiger charge is 2.32. The van der Waals surface area contributed by atoms with Crippen molar-refractivity contribution in [2.75, 3.05) is 45.9 Å². The Morgan fingerprint density at radius 3 is 2.83 bits per heavy atom. The Kier molecular flexibility index (Phi) is 5.87. The third-order valence-electron chi connectivity index (χ3n) is 5.33.